The van der Waals surface area contributed by atoms with E-state index in [2.05, 4.69) is 22.1 Å². The Morgan fingerprint density at radius 1 is 1.18 bits per heavy atom. The standard InChI is InChI=1S/C20H20F3N3O2/c1-3-5-12(27)26-11-7-4-6-10(8-11)13-14-16(21)9(2)25-19(14)15(20(24)28)18(23)17(13)22/h10-11,25H,4,6-8H2,1-2H3,(H2,24,28)(H,26,27)/t10-,11+/m1/s1. The van der Waals surface area contributed by atoms with Crippen LogP contribution in [0.1, 0.15) is 60.1 Å². The van der Waals surface area contributed by atoms with Crippen molar-refractivity contribution in [3.05, 3.63) is 34.3 Å². The lowest BCUT2D eigenvalue weighted by molar-refractivity contribution is -0.116. The number of nitrogens with two attached hydrogens (primary N) is 1. The Morgan fingerprint density at radius 3 is 2.54 bits per heavy atom. The molecule has 1 saturated carbocycles. The molecule has 0 bridgehead atoms. The molecule has 0 radical (unpaired) electrons. The third-order valence-corrected chi connectivity index (χ3v) is 5.18. The summed E-state index contributed by atoms with van der Waals surface area (Å²) in [7, 11) is 0. The number of halogens is 3. The lowest BCUT2D eigenvalue weighted by atomic mass is 9.79. The minimum absolute atomic E-state index is 0.0580. The predicted molar refractivity (Wildman–Crippen MR) is 98.0 cm³/mol. The van der Waals surface area contributed by atoms with Crippen LogP contribution in [0.2, 0.25) is 0 Å². The van der Waals surface area contributed by atoms with Crippen molar-refractivity contribution in [2.24, 2.45) is 5.73 Å². The third-order valence-electron chi connectivity index (χ3n) is 5.18. The highest BCUT2D eigenvalue weighted by molar-refractivity contribution is 6.06. The summed E-state index contributed by atoms with van der Waals surface area (Å²) in [6, 6.07) is -0.288. The normalized spacial score (nSPS) is 19.2. The van der Waals surface area contributed by atoms with Crippen molar-refractivity contribution in [2.75, 3.05) is 0 Å². The molecule has 2 amide bonds. The van der Waals surface area contributed by atoms with Gasteiger partial charge < -0.3 is 16.0 Å². The van der Waals surface area contributed by atoms with Gasteiger partial charge in [-0.3, -0.25) is 9.59 Å². The Bertz CT molecular complexity index is 1030. The van der Waals surface area contributed by atoms with Crippen molar-refractivity contribution in [1.29, 1.82) is 0 Å². The smallest absolute Gasteiger partial charge is 0.296 e. The fraction of sp³-hybridized carbons (Fsp3) is 0.400. The quantitative estimate of drug-likeness (QED) is 0.702. The average molecular weight is 391 g/mol. The molecule has 1 aromatic carbocycles. The van der Waals surface area contributed by atoms with Gasteiger partial charge in [-0.2, -0.15) is 0 Å². The van der Waals surface area contributed by atoms with E-state index in [1.165, 1.54) is 13.8 Å². The topological polar surface area (TPSA) is 88.0 Å². The van der Waals surface area contributed by atoms with E-state index in [0.29, 0.717) is 25.7 Å². The van der Waals surface area contributed by atoms with E-state index in [-0.39, 0.29) is 28.2 Å². The lowest BCUT2D eigenvalue weighted by Crippen LogP contribution is -2.37. The molecule has 0 aliphatic heterocycles. The fourth-order valence-electron chi connectivity index (χ4n) is 4.02. The van der Waals surface area contributed by atoms with Gasteiger partial charge in [-0.15, -0.1) is 0 Å². The van der Waals surface area contributed by atoms with Crippen molar-refractivity contribution < 1.29 is 22.8 Å². The first kappa shape index (κ1) is 19.8. The summed E-state index contributed by atoms with van der Waals surface area (Å²) in [5, 5.41) is 2.59. The van der Waals surface area contributed by atoms with E-state index in [4.69, 9.17) is 5.73 Å². The molecular weight excluding hydrogens is 371 g/mol. The molecule has 0 spiro atoms. The van der Waals surface area contributed by atoms with E-state index < -0.39 is 40.7 Å². The maximum atomic E-state index is 15.0. The number of aromatic amines is 1. The Kier molecular flexibility index (Phi) is 5.36. The van der Waals surface area contributed by atoms with E-state index in [1.54, 1.807) is 0 Å². The summed E-state index contributed by atoms with van der Waals surface area (Å²) in [6.45, 7) is 2.95. The largest absolute Gasteiger partial charge is 0.365 e. The summed E-state index contributed by atoms with van der Waals surface area (Å²) in [5.41, 5.74) is 4.30. The molecule has 1 heterocycles. The molecule has 148 valence electrons. The third kappa shape index (κ3) is 3.33. The van der Waals surface area contributed by atoms with E-state index in [0.717, 1.165) is 0 Å². The van der Waals surface area contributed by atoms with Gasteiger partial charge in [0.15, 0.2) is 17.5 Å². The zero-order valence-corrected chi connectivity index (χ0v) is 15.5. The van der Waals surface area contributed by atoms with Gasteiger partial charge >= 0.3 is 0 Å². The van der Waals surface area contributed by atoms with Gasteiger partial charge in [-0.25, -0.2) is 13.2 Å². The average Bonchev–Trinajstić information content (AvgIpc) is 2.91. The molecule has 1 aliphatic carbocycles. The Balaban J connectivity index is 2.11. The first-order valence-corrected chi connectivity index (χ1v) is 8.97. The van der Waals surface area contributed by atoms with Gasteiger partial charge in [0.25, 0.3) is 11.8 Å². The number of carbonyl (C=O) groups excluding carboxylic acids is 2. The van der Waals surface area contributed by atoms with Crippen LogP contribution in [0.3, 0.4) is 0 Å². The maximum Gasteiger partial charge on any atom is 0.296 e. The zero-order valence-electron chi connectivity index (χ0n) is 15.5. The lowest BCUT2D eigenvalue weighted by Gasteiger charge is -2.30. The zero-order chi connectivity index (χ0) is 20.6. The molecule has 1 aliphatic rings. The van der Waals surface area contributed by atoms with Crippen molar-refractivity contribution >= 4 is 22.7 Å². The molecule has 4 N–H and O–H groups in total. The van der Waals surface area contributed by atoms with Crippen molar-refractivity contribution in [2.45, 2.75) is 51.5 Å². The Hall–Kier alpha value is -2.95. The summed E-state index contributed by atoms with van der Waals surface area (Å²) in [4.78, 5) is 26.0. The number of fused-ring (bicyclic) bond motifs is 1. The minimum atomic E-state index is -1.39. The molecular formula is C20H20F3N3O2. The number of hydrogen-bond acceptors (Lipinski definition) is 2. The Labute approximate surface area is 159 Å². The minimum Gasteiger partial charge on any atom is -0.365 e. The van der Waals surface area contributed by atoms with Crippen LogP contribution in [0, 0.1) is 36.2 Å². The second-order valence-electron chi connectivity index (χ2n) is 7.00. The highest BCUT2D eigenvalue weighted by Gasteiger charge is 2.33. The number of nitrogens with one attached hydrogen (secondary N) is 2. The number of hydrogen-bond donors (Lipinski definition) is 3. The van der Waals surface area contributed by atoms with Crippen LogP contribution in [-0.4, -0.2) is 22.8 Å². The summed E-state index contributed by atoms with van der Waals surface area (Å²) in [5.74, 6) is -0.683. The maximum absolute atomic E-state index is 15.0. The summed E-state index contributed by atoms with van der Waals surface area (Å²) < 4.78 is 44.4. The molecule has 0 unspecified atom stereocenters. The fourth-order valence-corrected chi connectivity index (χ4v) is 4.02. The van der Waals surface area contributed by atoms with Crippen LogP contribution in [0.25, 0.3) is 10.9 Å². The molecule has 2 aromatic rings. The molecule has 2 atom stereocenters. The van der Waals surface area contributed by atoms with Crippen LogP contribution >= 0.6 is 0 Å². The number of aromatic nitrogens is 1. The van der Waals surface area contributed by atoms with Gasteiger partial charge in [-0.05, 0) is 44.9 Å². The molecule has 0 saturated heterocycles. The van der Waals surface area contributed by atoms with Crippen LogP contribution in [-0.2, 0) is 4.79 Å². The van der Waals surface area contributed by atoms with Crippen LogP contribution in [0.4, 0.5) is 13.2 Å². The molecule has 1 aromatic heterocycles. The molecule has 1 fully saturated rings. The number of primary amides is 1. The number of carbonyl (C=O) groups is 2. The van der Waals surface area contributed by atoms with Gasteiger partial charge in [0.05, 0.1) is 5.52 Å². The number of benzene rings is 1. The molecule has 5 nitrogen and oxygen atoms in total. The van der Waals surface area contributed by atoms with Crippen molar-refractivity contribution in [3.8, 4) is 11.8 Å². The summed E-state index contributed by atoms with van der Waals surface area (Å²) >= 11 is 0. The number of H-pyrrole nitrogens is 1. The van der Waals surface area contributed by atoms with Crippen LogP contribution < -0.4 is 11.1 Å². The van der Waals surface area contributed by atoms with Gasteiger partial charge in [0.1, 0.15) is 5.56 Å². The van der Waals surface area contributed by atoms with Crippen molar-refractivity contribution in [1.82, 2.24) is 10.3 Å². The van der Waals surface area contributed by atoms with E-state index >= 15 is 0 Å². The Morgan fingerprint density at radius 2 is 1.89 bits per heavy atom. The predicted octanol–water partition coefficient (Wildman–Crippen LogP) is 3.16. The molecule has 3 rings (SSSR count). The van der Waals surface area contributed by atoms with Gasteiger partial charge in [-0.1, -0.05) is 12.3 Å². The second kappa shape index (κ2) is 7.58. The number of rotatable bonds is 3. The first-order valence-electron chi connectivity index (χ1n) is 8.97. The molecule has 28 heavy (non-hydrogen) atoms. The van der Waals surface area contributed by atoms with Gasteiger partial charge in [0.2, 0.25) is 0 Å². The molecule has 8 heteroatoms. The SMILES string of the molecule is CC#CC(=O)N[C@H]1CCC[C@@H](c2c(F)c(F)c(C(N)=O)c3[nH]c(C)c(F)c23)C1. The first-order chi connectivity index (χ1) is 13.3. The van der Waals surface area contributed by atoms with Gasteiger partial charge in [0, 0.05) is 22.7 Å². The number of aryl methyl sites for hydroxylation is 1. The monoisotopic (exact) mass is 391 g/mol. The number of amides is 2. The summed E-state index contributed by atoms with van der Waals surface area (Å²) in [6.07, 6.45) is 2.11. The van der Waals surface area contributed by atoms with Crippen LogP contribution in [0.15, 0.2) is 0 Å². The van der Waals surface area contributed by atoms with Crippen LogP contribution in [0.5, 0.6) is 0 Å². The second-order valence-corrected chi connectivity index (χ2v) is 7.00. The van der Waals surface area contributed by atoms with E-state index in [1.807, 2.05) is 0 Å². The highest BCUT2D eigenvalue weighted by atomic mass is 19.2. The van der Waals surface area contributed by atoms with E-state index in [9.17, 15) is 22.8 Å². The van der Waals surface area contributed by atoms with Crippen molar-refractivity contribution in [3.63, 3.8) is 0 Å². The highest BCUT2D eigenvalue weighted by Crippen LogP contribution is 2.41.